The zero-order chi connectivity index (χ0) is 14.4. The largest absolute Gasteiger partial charge is 0.492 e. The van der Waals surface area contributed by atoms with Crippen molar-refractivity contribution >= 4 is 11.6 Å². The highest BCUT2D eigenvalue weighted by atomic mass is 16.5. The van der Waals surface area contributed by atoms with Gasteiger partial charge >= 0.3 is 0 Å². The van der Waals surface area contributed by atoms with E-state index in [0.29, 0.717) is 32.9 Å². The van der Waals surface area contributed by atoms with Gasteiger partial charge in [0.25, 0.3) is 0 Å². The number of carbonyl (C=O) groups excluding carboxylic acids is 1. The molecule has 5 heteroatoms. The van der Waals surface area contributed by atoms with E-state index in [4.69, 9.17) is 9.47 Å². The van der Waals surface area contributed by atoms with Crippen molar-refractivity contribution in [1.29, 1.82) is 0 Å². The maximum absolute atomic E-state index is 12.3. The Morgan fingerprint density at radius 2 is 2.10 bits per heavy atom. The summed E-state index contributed by atoms with van der Waals surface area (Å²) in [5.74, 6) is 0.872. The molecule has 1 atom stereocenters. The van der Waals surface area contributed by atoms with Crippen molar-refractivity contribution in [1.82, 2.24) is 4.90 Å². The number of anilines is 1. The molecule has 1 saturated heterocycles. The number of para-hydroxylation sites is 2. The van der Waals surface area contributed by atoms with Crippen LogP contribution in [0.5, 0.6) is 5.75 Å². The van der Waals surface area contributed by atoms with Crippen LogP contribution in [-0.4, -0.2) is 49.8 Å². The van der Waals surface area contributed by atoms with Crippen molar-refractivity contribution in [3.05, 3.63) is 24.3 Å². The molecular formula is C15H22N2O3. The van der Waals surface area contributed by atoms with Gasteiger partial charge in [0, 0.05) is 13.1 Å². The van der Waals surface area contributed by atoms with Crippen LogP contribution in [0.2, 0.25) is 0 Å². The molecule has 0 radical (unpaired) electrons. The second kappa shape index (κ2) is 7.14. The molecule has 0 aromatic heterocycles. The topological polar surface area (TPSA) is 50.8 Å². The Labute approximate surface area is 119 Å². The number of amides is 1. The monoisotopic (exact) mass is 278 g/mol. The highest BCUT2D eigenvalue weighted by molar-refractivity contribution is 5.84. The lowest BCUT2D eigenvalue weighted by Gasteiger charge is -2.30. The van der Waals surface area contributed by atoms with Crippen molar-refractivity contribution in [3.8, 4) is 5.75 Å². The molecule has 1 amide bonds. The van der Waals surface area contributed by atoms with E-state index in [1.165, 1.54) is 0 Å². The predicted molar refractivity (Wildman–Crippen MR) is 78.1 cm³/mol. The third-order valence-electron chi connectivity index (χ3n) is 3.25. The van der Waals surface area contributed by atoms with E-state index in [2.05, 4.69) is 5.32 Å². The lowest BCUT2D eigenvalue weighted by atomic mass is 10.2. The average molecular weight is 278 g/mol. The van der Waals surface area contributed by atoms with Crippen molar-refractivity contribution in [2.24, 2.45) is 0 Å². The van der Waals surface area contributed by atoms with Crippen LogP contribution in [0.15, 0.2) is 24.3 Å². The fourth-order valence-corrected chi connectivity index (χ4v) is 2.22. The number of rotatable bonds is 5. The van der Waals surface area contributed by atoms with Crippen LogP contribution in [0.4, 0.5) is 5.69 Å². The number of hydrogen-bond donors (Lipinski definition) is 1. The molecule has 5 nitrogen and oxygen atoms in total. The molecule has 0 aliphatic carbocycles. The standard InChI is InChI=1S/C15H22N2O3/c1-3-20-14-7-5-4-6-13(14)16-12(2)15(18)17-8-10-19-11-9-17/h4-7,12,16H,3,8-11H2,1-2H3. The van der Waals surface area contributed by atoms with Gasteiger partial charge in [-0.15, -0.1) is 0 Å². The lowest BCUT2D eigenvalue weighted by molar-refractivity contribution is -0.135. The number of hydrogen-bond acceptors (Lipinski definition) is 4. The third-order valence-corrected chi connectivity index (χ3v) is 3.25. The Hall–Kier alpha value is -1.75. The Bertz CT molecular complexity index is 444. The van der Waals surface area contributed by atoms with E-state index in [-0.39, 0.29) is 11.9 Å². The molecule has 1 fully saturated rings. The summed E-state index contributed by atoms with van der Waals surface area (Å²) in [4.78, 5) is 14.2. The van der Waals surface area contributed by atoms with E-state index in [1.807, 2.05) is 43.0 Å². The van der Waals surface area contributed by atoms with Gasteiger partial charge in [-0.25, -0.2) is 0 Å². The van der Waals surface area contributed by atoms with Gasteiger partial charge in [-0.3, -0.25) is 4.79 Å². The number of nitrogens with one attached hydrogen (secondary N) is 1. The smallest absolute Gasteiger partial charge is 0.244 e. The van der Waals surface area contributed by atoms with Crippen LogP contribution >= 0.6 is 0 Å². The van der Waals surface area contributed by atoms with Gasteiger partial charge in [-0.05, 0) is 26.0 Å². The molecule has 1 heterocycles. The van der Waals surface area contributed by atoms with Gasteiger partial charge in [0.2, 0.25) is 5.91 Å². The molecule has 1 aliphatic rings. The summed E-state index contributed by atoms with van der Waals surface area (Å²) in [5.41, 5.74) is 0.850. The van der Waals surface area contributed by atoms with Crippen LogP contribution in [-0.2, 0) is 9.53 Å². The molecule has 0 spiro atoms. The number of morpholine rings is 1. The molecule has 1 unspecified atom stereocenters. The number of nitrogens with zero attached hydrogens (tertiary/aromatic N) is 1. The van der Waals surface area contributed by atoms with Crippen LogP contribution in [0, 0.1) is 0 Å². The first-order valence-electron chi connectivity index (χ1n) is 7.07. The summed E-state index contributed by atoms with van der Waals surface area (Å²) in [7, 11) is 0. The Morgan fingerprint density at radius 1 is 1.40 bits per heavy atom. The molecule has 1 aromatic carbocycles. The van der Waals surface area contributed by atoms with Gasteiger partial charge < -0.3 is 19.7 Å². The number of carbonyl (C=O) groups is 1. The fraction of sp³-hybridized carbons (Fsp3) is 0.533. The average Bonchev–Trinajstić information content (AvgIpc) is 2.49. The quantitative estimate of drug-likeness (QED) is 0.891. The molecule has 2 rings (SSSR count). The molecular weight excluding hydrogens is 256 g/mol. The third kappa shape index (κ3) is 3.63. The minimum atomic E-state index is -0.283. The van der Waals surface area contributed by atoms with Gasteiger partial charge in [0.15, 0.2) is 0 Å². The maximum atomic E-state index is 12.3. The van der Waals surface area contributed by atoms with E-state index >= 15 is 0 Å². The first-order valence-corrected chi connectivity index (χ1v) is 7.07. The Balaban J connectivity index is 1.99. The summed E-state index contributed by atoms with van der Waals surface area (Å²) in [6, 6.07) is 7.39. The van der Waals surface area contributed by atoms with Gasteiger partial charge in [0.05, 0.1) is 25.5 Å². The molecule has 20 heavy (non-hydrogen) atoms. The highest BCUT2D eigenvalue weighted by Gasteiger charge is 2.22. The highest BCUT2D eigenvalue weighted by Crippen LogP contribution is 2.24. The summed E-state index contributed by atoms with van der Waals surface area (Å²) < 4.78 is 10.8. The van der Waals surface area contributed by atoms with Crippen LogP contribution in [0.25, 0.3) is 0 Å². The van der Waals surface area contributed by atoms with Crippen LogP contribution in [0.1, 0.15) is 13.8 Å². The molecule has 0 saturated carbocycles. The fourth-order valence-electron chi connectivity index (χ4n) is 2.22. The minimum absolute atomic E-state index is 0.0969. The lowest BCUT2D eigenvalue weighted by Crippen LogP contribution is -2.47. The summed E-state index contributed by atoms with van der Waals surface area (Å²) in [5, 5.41) is 3.24. The number of benzene rings is 1. The van der Waals surface area contributed by atoms with E-state index in [9.17, 15) is 4.79 Å². The van der Waals surface area contributed by atoms with Crippen molar-refractivity contribution in [2.75, 3.05) is 38.2 Å². The van der Waals surface area contributed by atoms with Gasteiger partial charge in [-0.1, -0.05) is 12.1 Å². The molecule has 0 bridgehead atoms. The predicted octanol–water partition coefficient (Wildman–Crippen LogP) is 1.74. The van der Waals surface area contributed by atoms with Crippen molar-refractivity contribution in [3.63, 3.8) is 0 Å². The SMILES string of the molecule is CCOc1ccccc1NC(C)C(=O)N1CCOCC1. The summed E-state index contributed by atoms with van der Waals surface area (Å²) >= 11 is 0. The minimum Gasteiger partial charge on any atom is -0.492 e. The zero-order valence-corrected chi connectivity index (χ0v) is 12.1. The van der Waals surface area contributed by atoms with Crippen LogP contribution in [0.3, 0.4) is 0 Å². The first-order chi connectivity index (χ1) is 9.72. The normalized spacial score (nSPS) is 16.6. The maximum Gasteiger partial charge on any atom is 0.244 e. The molecule has 110 valence electrons. The van der Waals surface area contributed by atoms with Gasteiger partial charge in [-0.2, -0.15) is 0 Å². The second-order valence-electron chi connectivity index (χ2n) is 4.73. The van der Waals surface area contributed by atoms with Crippen LogP contribution < -0.4 is 10.1 Å². The van der Waals surface area contributed by atoms with Crippen molar-refractivity contribution in [2.45, 2.75) is 19.9 Å². The Kier molecular flexibility index (Phi) is 5.24. The second-order valence-corrected chi connectivity index (χ2v) is 4.73. The van der Waals surface area contributed by atoms with E-state index in [0.717, 1.165) is 11.4 Å². The zero-order valence-electron chi connectivity index (χ0n) is 12.1. The van der Waals surface area contributed by atoms with Gasteiger partial charge in [0.1, 0.15) is 11.8 Å². The molecule has 1 aliphatic heterocycles. The first kappa shape index (κ1) is 14.7. The van der Waals surface area contributed by atoms with E-state index in [1.54, 1.807) is 0 Å². The molecule has 1 N–H and O–H groups in total. The summed E-state index contributed by atoms with van der Waals surface area (Å²) in [6.07, 6.45) is 0. The Morgan fingerprint density at radius 3 is 2.80 bits per heavy atom. The summed E-state index contributed by atoms with van der Waals surface area (Å²) in [6.45, 7) is 6.99. The van der Waals surface area contributed by atoms with E-state index < -0.39 is 0 Å². The number of ether oxygens (including phenoxy) is 2. The molecule has 1 aromatic rings. The van der Waals surface area contributed by atoms with Crippen molar-refractivity contribution < 1.29 is 14.3 Å².